The van der Waals surface area contributed by atoms with Gasteiger partial charge in [-0.1, -0.05) is 30.3 Å². The fourth-order valence-electron chi connectivity index (χ4n) is 2.69. The molecule has 1 aliphatic carbocycles. The maximum absolute atomic E-state index is 12.8. The highest BCUT2D eigenvalue weighted by Crippen LogP contribution is 2.35. The molecule has 1 saturated carbocycles. The Labute approximate surface area is 136 Å². The number of carbonyl (C=O) groups is 1. The van der Waals surface area contributed by atoms with Crippen molar-refractivity contribution in [1.29, 1.82) is 0 Å². The van der Waals surface area contributed by atoms with E-state index in [0.29, 0.717) is 10.2 Å². The van der Waals surface area contributed by atoms with Crippen LogP contribution in [0, 0.1) is 12.8 Å². The SMILES string of the molecule is Cc1sc2ncn(NC(=O)C3CC3)c(=O)c2c1-c1ccccc1. The number of amides is 1. The van der Waals surface area contributed by atoms with Crippen molar-refractivity contribution >= 4 is 27.5 Å². The predicted octanol–water partition coefficient (Wildman–Crippen LogP) is 2.91. The van der Waals surface area contributed by atoms with Gasteiger partial charge in [0.15, 0.2) is 0 Å². The molecule has 0 aliphatic heterocycles. The van der Waals surface area contributed by atoms with Gasteiger partial charge in [-0.05, 0) is 25.3 Å². The number of aromatic nitrogens is 2. The topological polar surface area (TPSA) is 64.0 Å². The van der Waals surface area contributed by atoms with Crippen LogP contribution in [0.5, 0.6) is 0 Å². The molecule has 0 radical (unpaired) electrons. The smallest absolute Gasteiger partial charge is 0.273 e. The lowest BCUT2D eigenvalue weighted by Crippen LogP contribution is -2.33. The van der Waals surface area contributed by atoms with E-state index < -0.39 is 0 Å². The zero-order valence-corrected chi connectivity index (χ0v) is 13.4. The third-order valence-corrected chi connectivity index (χ3v) is 5.04. The number of aryl methyl sites for hydroxylation is 1. The molecule has 0 saturated heterocycles. The molecule has 1 N–H and O–H groups in total. The number of hydrogen-bond acceptors (Lipinski definition) is 4. The summed E-state index contributed by atoms with van der Waals surface area (Å²) in [4.78, 5) is 30.8. The number of thiophene rings is 1. The highest BCUT2D eigenvalue weighted by atomic mass is 32.1. The van der Waals surface area contributed by atoms with Crippen LogP contribution in [0.1, 0.15) is 17.7 Å². The number of carbonyl (C=O) groups excluding carboxylic acids is 1. The normalized spacial score (nSPS) is 14.1. The van der Waals surface area contributed by atoms with Gasteiger partial charge in [0, 0.05) is 16.4 Å². The summed E-state index contributed by atoms with van der Waals surface area (Å²) in [6.07, 6.45) is 3.18. The Morgan fingerprint density at radius 3 is 2.74 bits per heavy atom. The minimum atomic E-state index is -0.229. The number of nitrogens with zero attached hydrogens (tertiary/aromatic N) is 2. The van der Waals surface area contributed by atoms with Gasteiger partial charge in [0.25, 0.3) is 5.56 Å². The standard InChI is InChI=1S/C17H15N3O2S/c1-10-13(11-5-3-2-4-6-11)14-16(23-10)18-9-20(17(14)22)19-15(21)12-7-8-12/h2-6,9,12H,7-8H2,1H3,(H,19,21). The Morgan fingerprint density at radius 1 is 1.30 bits per heavy atom. The van der Waals surface area contributed by atoms with Gasteiger partial charge in [0.1, 0.15) is 11.2 Å². The van der Waals surface area contributed by atoms with Crippen LogP contribution in [-0.4, -0.2) is 15.6 Å². The number of nitrogens with one attached hydrogen (secondary N) is 1. The minimum absolute atomic E-state index is 0.0374. The highest BCUT2D eigenvalue weighted by molar-refractivity contribution is 7.19. The molecule has 116 valence electrons. The average Bonchev–Trinajstić information content (AvgIpc) is 3.34. The van der Waals surface area contributed by atoms with Crippen LogP contribution in [0.3, 0.4) is 0 Å². The molecule has 1 aromatic carbocycles. The van der Waals surface area contributed by atoms with Gasteiger partial charge >= 0.3 is 0 Å². The van der Waals surface area contributed by atoms with Crippen molar-refractivity contribution in [3.05, 3.63) is 51.9 Å². The summed E-state index contributed by atoms with van der Waals surface area (Å²) in [5.74, 6) is -0.0723. The summed E-state index contributed by atoms with van der Waals surface area (Å²) in [7, 11) is 0. The van der Waals surface area contributed by atoms with Crippen molar-refractivity contribution in [3.8, 4) is 11.1 Å². The predicted molar refractivity (Wildman–Crippen MR) is 91.1 cm³/mol. The largest absolute Gasteiger partial charge is 0.281 e. The van der Waals surface area contributed by atoms with Crippen LogP contribution in [-0.2, 0) is 4.79 Å². The molecular formula is C17H15N3O2S. The average molecular weight is 325 g/mol. The summed E-state index contributed by atoms with van der Waals surface area (Å²) in [5, 5.41) is 0.567. The van der Waals surface area contributed by atoms with Crippen LogP contribution in [0.2, 0.25) is 0 Å². The molecule has 0 spiro atoms. The maximum Gasteiger partial charge on any atom is 0.281 e. The van der Waals surface area contributed by atoms with Gasteiger partial charge in [-0.25, -0.2) is 9.66 Å². The summed E-state index contributed by atoms with van der Waals surface area (Å²) in [6, 6.07) is 9.80. The van der Waals surface area contributed by atoms with E-state index >= 15 is 0 Å². The van der Waals surface area contributed by atoms with Gasteiger partial charge in [-0.15, -0.1) is 11.3 Å². The molecule has 1 fully saturated rings. The quantitative estimate of drug-likeness (QED) is 0.805. The first-order chi connectivity index (χ1) is 11.1. The number of hydrogen-bond donors (Lipinski definition) is 1. The molecule has 0 atom stereocenters. The summed E-state index contributed by atoms with van der Waals surface area (Å²) < 4.78 is 1.21. The number of fused-ring (bicyclic) bond motifs is 1. The second-order valence-electron chi connectivity index (χ2n) is 5.75. The Hall–Kier alpha value is -2.47. The maximum atomic E-state index is 12.8. The van der Waals surface area contributed by atoms with Crippen molar-refractivity contribution in [2.24, 2.45) is 5.92 Å². The lowest BCUT2D eigenvalue weighted by Gasteiger charge is -2.07. The van der Waals surface area contributed by atoms with Crippen LogP contribution < -0.4 is 11.0 Å². The lowest BCUT2D eigenvalue weighted by atomic mass is 10.0. The van der Waals surface area contributed by atoms with Gasteiger partial charge < -0.3 is 0 Å². The Balaban J connectivity index is 1.88. The highest BCUT2D eigenvalue weighted by Gasteiger charge is 2.30. The van der Waals surface area contributed by atoms with E-state index in [-0.39, 0.29) is 17.4 Å². The van der Waals surface area contributed by atoms with Gasteiger partial charge in [-0.2, -0.15) is 0 Å². The second-order valence-corrected chi connectivity index (χ2v) is 6.95. The summed E-state index contributed by atoms with van der Waals surface area (Å²) in [6.45, 7) is 1.99. The van der Waals surface area contributed by atoms with Crippen molar-refractivity contribution in [2.45, 2.75) is 19.8 Å². The van der Waals surface area contributed by atoms with E-state index in [1.165, 1.54) is 22.3 Å². The molecule has 23 heavy (non-hydrogen) atoms. The van der Waals surface area contributed by atoms with Crippen molar-refractivity contribution in [3.63, 3.8) is 0 Å². The molecule has 2 heterocycles. The molecule has 2 aromatic heterocycles. The third-order valence-electron chi connectivity index (χ3n) is 4.03. The fraction of sp³-hybridized carbons (Fsp3) is 0.235. The van der Waals surface area contributed by atoms with Crippen molar-refractivity contribution < 1.29 is 4.79 Å². The van der Waals surface area contributed by atoms with E-state index in [0.717, 1.165) is 28.8 Å². The van der Waals surface area contributed by atoms with Crippen LogP contribution in [0.15, 0.2) is 41.5 Å². The van der Waals surface area contributed by atoms with E-state index in [4.69, 9.17) is 0 Å². The first-order valence-corrected chi connectivity index (χ1v) is 8.34. The number of rotatable bonds is 3. The monoisotopic (exact) mass is 325 g/mol. The third kappa shape index (κ3) is 2.45. The Morgan fingerprint density at radius 2 is 2.04 bits per heavy atom. The van der Waals surface area contributed by atoms with Crippen molar-refractivity contribution in [2.75, 3.05) is 5.43 Å². The molecule has 3 aromatic rings. The molecule has 6 heteroatoms. The second kappa shape index (κ2) is 5.31. The van der Waals surface area contributed by atoms with E-state index in [9.17, 15) is 9.59 Å². The zero-order valence-electron chi connectivity index (χ0n) is 12.6. The Bertz CT molecular complexity index is 955. The Kier molecular flexibility index (Phi) is 3.27. The van der Waals surface area contributed by atoms with E-state index in [2.05, 4.69) is 10.4 Å². The van der Waals surface area contributed by atoms with Crippen molar-refractivity contribution in [1.82, 2.24) is 9.66 Å². The molecule has 1 amide bonds. The molecule has 0 unspecified atom stereocenters. The molecule has 0 bridgehead atoms. The first kappa shape index (κ1) is 14.1. The van der Waals surface area contributed by atoms with Crippen LogP contribution >= 0.6 is 11.3 Å². The lowest BCUT2D eigenvalue weighted by molar-refractivity contribution is -0.118. The van der Waals surface area contributed by atoms with Gasteiger partial charge in [-0.3, -0.25) is 15.0 Å². The van der Waals surface area contributed by atoms with E-state index in [1.807, 2.05) is 37.3 Å². The van der Waals surface area contributed by atoms with E-state index in [1.54, 1.807) is 0 Å². The first-order valence-electron chi connectivity index (χ1n) is 7.52. The molecular weight excluding hydrogens is 310 g/mol. The molecule has 1 aliphatic rings. The van der Waals surface area contributed by atoms with Crippen LogP contribution in [0.25, 0.3) is 21.3 Å². The van der Waals surface area contributed by atoms with Gasteiger partial charge in [0.2, 0.25) is 5.91 Å². The van der Waals surface area contributed by atoms with Crippen LogP contribution in [0.4, 0.5) is 0 Å². The molecule has 4 rings (SSSR count). The summed E-state index contributed by atoms with van der Waals surface area (Å²) in [5.41, 5.74) is 4.32. The summed E-state index contributed by atoms with van der Waals surface area (Å²) >= 11 is 1.50. The minimum Gasteiger partial charge on any atom is -0.273 e. The fourth-order valence-corrected chi connectivity index (χ4v) is 3.69. The number of benzene rings is 1. The molecule has 5 nitrogen and oxygen atoms in total. The van der Waals surface area contributed by atoms with Gasteiger partial charge in [0.05, 0.1) is 5.39 Å². The zero-order chi connectivity index (χ0) is 16.0.